The summed E-state index contributed by atoms with van der Waals surface area (Å²) in [5.74, 6) is 0.842. The van der Waals surface area contributed by atoms with Gasteiger partial charge in [-0.25, -0.2) is 0 Å². The molecule has 0 heterocycles. The highest BCUT2D eigenvalue weighted by molar-refractivity contribution is 6.35. The molecule has 4 aromatic carbocycles. The number of hydrogen-bond acceptors (Lipinski definition) is 2. The molecular weight excluding hydrogens is 401 g/mol. The molecule has 4 aromatic rings. The van der Waals surface area contributed by atoms with Gasteiger partial charge in [0.1, 0.15) is 12.4 Å². The molecule has 0 aliphatic carbocycles. The normalized spacial score (nSPS) is 10.9. The summed E-state index contributed by atoms with van der Waals surface area (Å²) < 4.78 is 6.19. The minimum absolute atomic E-state index is 0.381. The summed E-state index contributed by atoms with van der Waals surface area (Å²) >= 11 is 12.3. The number of hydrogen-bond donors (Lipinski definition) is 1. The Kier molecular flexibility index (Phi) is 5.94. The van der Waals surface area contributed by atoms with E-state index < -0.39 is 0 Å². The molecule has 0 spiro atoms. The van der Waals surface area contributed by atoms with Gasteiger partial charge in [-0.2, -0.15) is 0 Å². The van der Waals surface area contributed by atoms with Gasteiger partial charge in [0.2, 0.25) is 0 Å². The second-order valence-corrected chi connectivity index (χ2v) is 7.85. The van der Waals surface area contributed by atoms with Crippen molar-refractivity contribution in [3.05, 3.63) is 106 Å². The highest BCUT2D eigenvalue weighted by Crippen LogP contribution is 2.30. The maximum Gasteiger partial charge on any atom is 0.125 e. The van der Waals surface area contributed by atoms with E-state index in [1.54, 1.807) is 6.07 Å². The van der Waals surface area contributed by atoms with Crippen molar-refractivity contribution in [2.45, 2.75) is 20.1 Å². The monoisotopic (exact) mass is 421 g/mol. The molecule has 0 saturated carbocycles. The third kappa shape index (κ3) is 4.67. The second kappa shape index (κ2) is 8.77. The van der Waals surface area contributed by atoms with Gasteiger partial charge in [-0.3, -0.25) is 0 Å². The standard InChI is InChI=1S/C25H21Cl2NO/c1-17-6-11-21(12-7-17)28-15-23-22-5-3-2-4-18(22)9-13-25(23)29-16-19-8-10-20(26)14-24(19)27/h2-14,28H,15-16H2,1H3. The fourth-order valence-corrected chi connectivity index (χ4v) is 3.75. The van der Waals surface area contributed by atoms with E-state index in [0.29, 0.717) is 23.2 Å². The molecule has 0 fully saturated rings. The predicted molar refractivity (Wildman–Crippen MR) is 123 cm³/mol. The molecule has 1 N–H and O–H groups in total. The molecule has 0 atom stereocenters. The minimum Gasteiger partial charge on any atom is -0.488 e. The third-order valence-corrected chi connectivity index (χ3v) is 5.50. The van der Waals surface area contributed by atoms with E-state index in [1.807, 2.05) is 24.3 Å². The fraction of sp³-hybridized carbons (Fsp3) is 0.120. The Balaban J connectivity index is 1.62. The molecule has 0 amide bonds. The molecule has 0 unspecified atom stereocenters. The van der Waals surface area contributed by atoms with Gasteiger partial charge in [-0.15, -0.1) is 0 Å². The van der Waals surface area contributed by atoms with Crippen LogP contribution >= 0.6 is 23.2 Å². The van der Waals surface area contributed by atoms with E-state index in [1.165, 1.54) is 16.3 Å². The first-order valence-corrected chi connectivity index (χ1v) is 10.2. The van der Waals surface area contributed by atoms with Crippen molar-refractivity contribution < 1.29 is 4.74 Å². The Morgan fingerprint density at radius 3 is 2.45 bits per heavy atom. The van der Waals surface area contributed by atoms with Crippen LogP contribution in [0.15, 0.2) is 78.9 Å². The fourth-order valence-electron chi connectivity index (χ4n) is 3.29. The minimum atomic E-state index is 0.381. The predicted octanol–water partition coefficient (Wildman–Crippen LogP) is 7.65. The molecule has 4 heteroatoms. The summed E-state index contributed by atoms with van der Waals surface area (Å²) in [5.41, 5.74) is 4.34. The summed E-state index contributed by atoms with van der Waals surface area (Å²) in [6, 6.07) is 26.3. The molecule has 29 heavy (non-hydrogen) atoms. The number of rotatable bonds is 6. The van der Waals surface area contributed by atoms with Gasteiger partial charge in [0.05, 0.1) is 0 Å². The molecule has 0 aliphatic heterocycles. The van der Waals surface area contributed by atoms with Crippen molar-refractivity contribution in [3.8, 4) is 5.75 Å². The zero-order valence-corrected chi connectivity index (χ0v) is 17.6. The lowest BCUT2D eigenvalue weighted by molar-refractivity contribution is 0.304. The lowest BCUT2D eigenvalue weighted by Gasteiger charge is -2.16. The number of anilines is 1. The Hall–Kier alpha value is -2.68. The van der Waals surface area contributed by atoms with Crippen LogP contribution in [0.25, 0.3) is 10.8 Å². The first-order chi connectivity index (χ1) is 14.1. The second-order valence-electron chi connectivity index (χ2n) is 7.01. The molecule has 0 saturated heterocycles. The number of nitrogens with one attached hydrogen (secondary N) is 1. The van der Waals surface area contributed by atoms with Crippen molar-refractivity contribution in [1.82, 2.24) is 0 Å². The Labute approximate surface area is 181 Å². The largest absolute Gasteiger partial charge is 0.488 e. The van der Waals surface area contributed by atoms with E-state index in [0.717, 1.165) is 22.6 Å². The smallest absolute Gasteiger partial charge is 0.125 e. The van der Waals surface area contributed by atoms with Crippen molar-refractivity contribution in [1.29, 1.82) is 0 Å². The van der Waals surface area contributed by atoms with Gasteiger partial charge >= 0.3 is 0 Å². The van der Waals surface area contributed by atoms with Gasteiger partial charge in [-0.05, 0) is 48.0 Å². The van der Waals surface area contributed by atoms with Gasteiger partial charge in [0.25, 0.3) is 0 Å². The first kappa shape index (κ1) is 19.6. The van der Waals surface area contributed by atoms with Crippen LogP contribution in [0.3, 0.4) is 0 Å². The van der Waals surface area contributed by atoms with E-state index in [4.69, 9.17) is 27.9 Å². The van der Waals surface area contributed by atoms with Crippen molar-refractivity contribution in [3.63, 3.8) is 0 Å². The summed E-state index contributed by atoms with van der Waals surface area (Å²) in [6.07, 6.45) is 0. The van der Waals surface area contributed by atoms with Gasteiger partial charge in [0, 0.05) is 33.4 Å². The molecular formula is C25H21Cl2NO. The Morgan fingerprint density at radius 2 is 1.66 bits per heavy atom. The van der Waals surface area contributed by atoms with Gasteiger partial charge in [0.15, 0.2) is 0 Å². The van der Waals surface area contributed by atoms with Crippen LogP contribution in [0.1, 0.15) is 16.7 Å². The molecule has 2 nitrogen and oxygen atoms in total. The first-order valence-electron chi connectivity index (χ1n) is 9.48. The van der Waals surface area contributed by atoms with Crippen molar-refractivity contribution in [2.75, 3.05) is 5.32 Å². The van der Waals surface area contributed by atoms with Crippen molar-refractivity contribution >= 4 is 39.7 Å². The number of aryl methyl sites for hydroxylation is 1. The number of fused-ring (bicyclic) bond motifs is 1. The zero-order chi connectivity index (χ0) is 20.2. The Bertz CT molecular complexity index is 1140. The Morgan fingerprint density at radius 1 is 0.862 bits per heavy atom. The molecule has 0 aromatic heterocycles. The van der Waals surface area contributed by atoms with Crippen LogP contribution < -0.4 is 10.1 Å². The average Bonchev–Trinajstić information content (AvgIpc) is 2.73. The highest BCUT2D eigenvalue weighted by Gasteiger charge is 2.11. The van der Waals surface area contributed by atoms with E-state index in [2.05, 4.69) is 60.8 Å². The quantitative estimate of drug-likeness (QED) is 0.345. The lowest BCUT2D eigenvalue weighted by atomic mass is 10.0. The average molecular weight is 422 g/mol. The van der Waals surface area contributed by atoms with Gasteiger partial charge in [-0.1, -0.05) is 77.3 Å². The van der Waals surface area contributed by atoms with Crippen LogP contribution in [0.5, 0.6) is 5.75 Å². The van der Waals surface area contributed by atoms with E-state index in [-0.39, 0.29) is 0 Å². The molecule has 146 valence electrons. The number of ether oxygens (including phenoxy) is 1. The highest BCUT2D eigenvalue weighted by atomic mass is 35.5. The maximum absolute atomic E-state index is 6.31. The van der Waals surface area contributed by atoms with E-state index in [9.17, 15) is 0 Å². The van der Waals surface area contributed by atoms with Crippen LogP contribution in [-0.4, -0.2) is 0 Å². The molecule has 0 aliphatic rings. The maximum atomic E-state index is 6.31. The van der Waals surface area contributed by atoms with Crippen LogP contribution in [0.4, 0.5) is 5.69 Å². The summed E-state index contributed by atoms with van der Waals surface area (Å²) in [7, 11) is 0. The van der Waals surface area contributed by atoms with Gasteiger partial charge < -0.3 is 10.1 Å². The number of halogens is 2. The zero-order valence-electron chi connectivity index (χ0n) is 16.1. The molecule has 0 radical (unpaired) electrons. The van der Waals surface area contributed by atoms with Crippen LogP contribution in [-0.2, 0) is 13.2 Å². The summed E-state index contributed by atoms with van der Waals surface area (Å²) in [6.45, 7) is 3.13. The number of benzene rings is 4. The lowest BCUT2D eigenvalue weighted by Crippen LogP contribution is -2.05. The topological polar surface area (TPSA) is 21.3 Å². The van der Waals surface area contributed by atoms with E-state index >= 15 is 0 Å². The summed E-state index contributed by atoms with van der Waals surface area (Å²) in [4.78, 5) is 0. The molecule has 0 bridgehead atoms. The van der Waals surface area contributed by atoms with Crippen molar-refractivity contribution in [2.24, 2.45) is 0 Å². The van der Waals surface area contributed by atoms with Crippen LogP contribution in [0.2, 0.25) is 10.0 Å². The van der Waals surface area contributed by atoms with Crippen LogP contribution in [0, 0.1) is 6.92 Å². The summed E-state index contributed by atoms with van der Waals surface area (Å²) in [5, 5.41) is 7.10. The SMILES string of the molecule is Cc1ccc(NCc2c(OCc3ccc(Cl)cc3Cl)ccc3ccccc23)cc1. The third-order valence-electron chi connectivity index (χ3n) is 4.92. The molecule has 4 rings (SSSR count).